The minimum absolute atomic E-state index is 0.0510. The zero-order valence-corrected chi connectivity index (χ0v) is 8.30. The first-order valence-electron chi connectivity index (χ1n) is 4.61. The van der Waals surface area contributed by atoms with Gasteiger partial charge in [0.05, 0.1) is 0 Å². The largest absolute Gasteiger partial charge is 0.409 e. The average molecular weight is 225 g/mol. The molecule has 88 valence electrons. The summed E-state index contributed by atoms with van der Waals surface area (Å²) in [5.41, 5.74) is 3.51. The lowest BCUT2D eigenvalue weighted by molar-refractivity contribution is -0.165. The van der Waals surface area contributed by atoms with Crippen LogP contribution in [0.1, 0.15) is 19.8 Å². The Labute approximate surface area is 85.3 Å². The molecule has 7 heteroatoms. The van der Waals surface area contributed by atoms with Gasteiger partial charge in [0.25, 0.3) is 0 Å². The molecule has 0 aromatic heterocycles. The molecule has 1 saturated carbocycles. The molecule has 1 rings (SSSR count). The monoisotopic (exact) mass is 225 g/mol. The van der Waals surface area contributed by atoms with Crippen LogP contribution in [0.3, 0.4) is 0 Å². The Morgan fingerprint density at radius 3 is 2.47 bits per heavy atom. The molecule has 1 unspecified atom stereocenters. The van der Waals surface area contributed by atoms with Gasteiger partial charge in [-0.25, -0.2) is 0 Å². The zero-order valence-electron chi connectivity index (χ0n) is 8.30. The molecule has 1 aliphatic carbocycles. The third-order valence-corrected chi connectivity index (χ3v) is 2.66. The van der Waals surface area contributed by atoms with Crippen LogP contribution in [0.2, 0.25) is 0 Å². The van der Waals surface area contributed by atoms with E-state index < -0.39 is 17.6 Å². The number of oxime groups is 1. The summed E-state index contributed by atoms with van der Waals surface area (Å²) < 4.78 is 37.4. The molecule has 0 aliphatic heterocycles. The molecule has 0 spiro atoms. The Morgan fingerprint density at radius 2 is 2.13 bits per heavy atom. The molecule has 0 amide bonds. The summed E-state index contributed by atoms with van der Waals surface area (Å²) in [7, 11) is 0. The lowest BCUT2D eigenvalue weighted by Gasteiger charge is -2.22. The number of hydrogen-bond donors (Lipinski definition) is 3. The fourth-order valence-electron chi connectivity index (χ4n) is 1.24. The van der Waals surface area contributed by atoms with Gasteiger partial charge in [0.15, 0.2) is 0 Å². The minimum atomic E-state index is -4.22. The van der Waals surface area contributed by atoms with Crippen LogP contribution in [0.5, 0.6) is 0 Å². The average Bonchev–Trinajstić information content (AvgIpc) is 2.92. The van der Waals surface area contributed by atoms with Crippen molar-refractivity contribution in [3.05, 3.63) is 0 Å². The zero-order chi connectivity index (χ0) is 11.7. The van der Waals surface area contributed by atoms with Crippen molar-refractivity contribution >= 4 is 5.84 Å². The fourth-order valence-corrected chi connectivity index (χ4v) is 1.24. The van der Waals surface area contributed by atoms with Gasteiger partial charge in [-0.1, -0.05) is 12.1 Å². The number of halogens is 3. The third kappa shape index (κ3) is 2.53. The second-order valence-corrected chi connectivity index (χ2v) is 3.89. The van der Waals surface area contributed by atoms with Gasteiger partial charge >= 0.3 is 6.18 Å². The van der Waals surface area contributed by atoms with Crippen molar-refractivity contribution < 1.29 is 18.4 Å². The van der Waals surface area contributed by atoms with E-state index in [0.29, 0.717) is 0 Å². The summed E-state index contributed by atoms with van der Waals surface area (Å²) in [4.78, 5) is 0. The summed E-state index contributed by atoms with van der Waals surface area (Å²) in [6.07, 6.45) is -4.03. The minimum Gasteiger partial charge on any atom is -0.409 e. The van der Waals surface area contributed by atoms with E-state index >= 15 is 0 Å². The first-order valence-corrected chi connectivity index (χ1v) is 4.61. The topological polar surface area (TPSA) is 70.6 Å². The molecule has 0 heterocycles. The molecule has 0 aromatic carbocycles. The summed E-state index contributed by atoms with van der Waals surface area (Å²) in [5.74, 6) is -0.490. The van der Waals surface area contributed by atoms with E-state index in [1.807, 2.05) is 0 Å². The maximum Gasteiger partial charge on any atom is 0.406 e. The van der Waals surface area contributed by atoms with E-state index in [1.165, 1.54) is 0 Å². The van der Waals surface area contributed by atoms with E-state index in [2.05, 4.69) is 10.5 Å². The molecule has 4 nitrogen and oxygen atoms in total. The summed E-state index contributed by atoms with van der Waals surface area (Å²) >= 11 is 0. The van der Waals surface area contributed by atoms with Crippen LogP contribution in [0.4, 0.5) is 13.2 Å². The molecular formula is C8H14F3N3O. The summed E-state index contributed by atoms with van der Waals surface area (Å²) in [6.45, 7) is 1.64. The summed E-state index contributed by atoms with van der Waals surface area (Å²) in [5, 5.41) is 13.5. The molecular weight excluding hydrogens is 211 g/mol. The smallest absolute Gasteiger partial charge is 0.406 e. The van der Waals surface area contributed by atoms with Gasteiger partial charge in [0.1, 0.15) is 11.4 Å². The highest BCUT2D eigenvalue weighted by molar-refractivity contribution is 5.82. The van der Waals surface area contributed by atoms with Gasteiger partial charge in [0.2, 0.25) is 0 Å². The summed E-state index contributed by atoms with van der Waals surface area (Å²) in [6, 6.07) is 0. The standard InChI is InChI=1S/C8H14F3N3O/c1-5(6(12)14-15)4-13-7(2-3-7)8(9,10)11/h5,13,15H,2-4H2,1H3,(H2,12,14). The van der Waals surface area contributed by atoms with Gasteiger partial charge in [-0.15, -0.1) is 0 Å². The van der Waals surface area contributed by atoms with Crippen LogP contribution in [0.15, 0.2) is 5.16 Å². The Morgan fingerprint density at radius 1 is 1.60 bits per heavy atom. The molecule has 0 aromatic rings. The van der Waals surface area contributed by atoms with E-state index in [1.54, 1.807) is 6.92 Å². The number of nitrogens with one attached hydrogen (secondary N) is 1. The second-order valence-electron chi connectivity index (χ2n) is 3.89. The van der Waals surface area contributed by atoms with Crippen molar-refractivity contribution in [1.82, 2.24) is 5.32 Å². The highest BCUT2D eigenvalue weighted by atomic mass is 19.4. The molecule has 1 aliphatic rings. The molecule has 0 bridgehead atoms. The highest BCUT2D eigenvalue weighted by Gasteiger charge is 2.63. The van der Waals surface area contributed by atoms with Crippen molar-refractivity contribution in [2.45, 2.75) is 31.5 Å². The first-order chi connectivity index (χ1) is 6.82. The van der Waals surface area contributed by atoms with Crippen LogP contribution in [0.25, 0.3) is 0 Å². The second kappa shape index (κ2) is 3.88. The lowest BCUT2D eigenvalue weighted by Crippen LogP contribution is -2.47. The number of rotatable bonds is 4. The quantitative estimate of drug-likeness (QED) is 0.290. The Hall–Kier alpha value is -0.980. The third-order valence-electron chi connectivity index (χ3n) is 2.66. The van der Waals surface area contributed by atoms with Crippen molar-refractivity contribution in [2.24, 2.45) is 16.8 Å². The highest BCUT2D eigenvalue weighted by Crippen LogP contribution is 2.48. The molecule has 1 atom stereocenters. The fraction of sp³-hybridized carbons (Fsp3) is 0.875. The van der Waals surface area contributed by atoms with Crippen LogP contribution >= 0.6 is 0 Å². The number of nitrogens with two attached hydrogens (primary N) is 1. The van der Waals surface area contributed by atoms with Gasteiger partial charge in [-0.3, -0.25) is 0 Å². The van der Waals surface area contributed by atoms with Crippen molar-refractivity contribution in [1.29, 1.82) is 0 Å². The Kier molecular flexibility index (Phi) is 3.13. The van der Waals surface area contributed by atoms with Crippen molar-refractivity contribution in [3.8, 4) is 0 Å². The maximum atomic E-state index is 12.5. The maximum absolute atomic E-state index is 12.5. The van der Waals surface area contributed by atoms with Crippen LogP contribution in [-0.4, -0.2) is 29.3 Å². The van der Waals surface area contributed by atoms with E-state index in [-0.39, 0.29) is 25.2 Å². The van der Waals surface area contributed by atoms with Crippen molar-refractivity contribution in [2.75, 3.05) is 6.54 Å². The first kappa shape index (κ1) is 12.1. The number of hydrogen-bond acceptors (Lipinski definition) is 3. The molecule has 4 N–H and O–H groups in total. The SMILES string of the molecule is CC(CNC1(C(F)(F)F)CC1)C(N)=NO. The van der Waals surface area contributed by atoms with Gasteiger partial charge in [-0.2, -0.15) is 13.2 Å². The molecule has 0 radical (unpaired) electrons. The predicted octanol–water partition coefficient (Wildman–Crippen LogP) is 1.05. The lowest BCUT2D eigenvalue weighted by atomic mass is 10.1. The van der Waals surface area contributed by atoms with E-state index in [0.717, 1.165) is 0 Å². The Balaban J connectivity index is 2.45. The molecule has 15 heavy (non-hydrogen) atoms. The number of amidine groups is 1. The number of nitrogens with zero attached hydrogens (tertiary/aromatic N) is 1. The van der Waals surface area contributed by atoms with Crippen LogP contribution in [-0.2, 0) is 0 Å². The molecule has 0 saturated heterocycles. The molecule has 1 fully saturated rings. The van der Waals surface area contributed by atoms with Crippen LogP contribution < -0.4 is 11.1 Å². The van der Waals surface area contributed by atoms with E-state index in [9.17, 15) is 13.2 Å². The normalized spacial score (nSPS) is 22.5. The van der Waals surface area contributed by atoms with Gasteiger partial charge < -0.3 is 16.3 Å². The number of alkyl halides is 3. The van der Waals surface area contributed by atoms with Gasteiger partial charge in [0, 0.05) is 12.5 Å². The predicted molar refractivity (Wildman–Crippen MR) is 48.6 cm³/mol. The Bertz CT molecular complexity index is 260. The van der Waals surface area contributed by atoms with Gasteiger partial charge in [-0.05, 0) is 12.8 Å². The van der Waals surface area contributed by atoms with Crippen molar-refractivity contribution in [3.63, 3.8) is 0 Å². The van der Waals surface area contributed by atoms with E-state index in [4.69, 9.17) is 10.9 Å². The van der Waals surface area contributed by atoms with Crippen LogP contribution in [0, 0.1) is 5.92 Å².